The lowest BCUT2D eigenvalue weighted by Gasteiger charge is -2.39. The molecule has 4 aliphatic rings. The number of hydrogen-bond donors (Lipinski definition) is 2. The number of aromatic nitrogens is 1. The molecule has 230 valence electrons. The summed E-state index contributed by atoms with van der Waals surface area (Å²) in [6, 6.07) is 15.3. The molecule has 0 bridgehead atoms. The first-order chi connectivity index (χ1) is 21.0. The summed E-state index contributed by atoms with van der Waals surface area (Å²) in [5.41, 5.74) is 2.70. The molecule has 9 nitrogen and oxygen atoms in total. The van der Waals surface area contributed by atoms with Gasteiger partial charge in [0.1, 0.15) is 5.69 Å². The highest BCUT2D eigenvalue weighted by Crippen LogP contribution is 2.38. The van der Waals surface area contributed by atoms with Gasteiger partial charge in [0, 0.05) is 50.5 Å². The second kappa shape index (κ2) is 13.5. The van der Waals surface area contributed by atoms with Crippen molar-refractivity contribution in [3.05, 3.63) is 65.5 Å². The lowest BCUT2D eigenvalue weighted by molar-refractivity contribution is -0.142. The zero-order valence-corrected chi connectivity index (χ0v) is 25.1. The van der Waals surface area contributed by atoms with Crippen molar-refractivity contribution in [2.24, 2.45) is 5.92 Å². The van der Waals surface area contributed by atoms with Crippen molar-refractivity contribution in [2.75, 3.05) is 19.6 Å². The van der Waals surface area contributed by atoms with Gasteiger partial charge in [0.15, 0.2) is 0 Å². The number of piperidine rings is 1. The molecule has 1 atom stereocenters. The van der Waals surface area contributed by atoms with E-state index in [1.54, 1.807) is 12.3 Å². The number of carboxylic acids is 1. The molecule has 2 saturated carbocycles. The van der Waals surface area contributed by atoms with E-state index in [9.17, 15) is 19.5 Å². The Balaban J connectivity index is 1.02. The Morgan fingerprint density at radius 3 is 2.23 bits per heavy atom. The van der Waals surface area contributed by atoms with Crippen molar-refractivity contribution in [3.63, 3.8) is 0 Å². The van der Waals surface area contributed by atoms with Crippen LogP contribution in [0.15, 0.2) is 48.7 Å². The number of benzene rings is 1. The number of pyridine rings is 1. The third-order valence-corrected chi connectivity index (χ3v) is 10.2. The number of likely N-dealkylation sites (tertiary alicyclic amines) is 1. The van der Waals surface area contributed by atoms with E-state index in [-0.39, 0.29) is 36.0 Å². The standard InChI is InChI=1S/C34H45N5O4/c40-32(36-27-14-12-26(13-15-27)33(41)42)30-16-11-24(21-35-30)22-37-19-17-29(18-20-37)39-31(25-7-3-1-4-8-25)23-38(34(39)43)28-9-5-2-6-10-28/h1,3-4,7-8,11,16,21,26-29,31H,2,5-6,9-10,12-15,17-20,22-23H2,(H,36,40)(H,41,42)/t26-,27+,31-/m0/s1. The molecule has 2 N–H and O–H groups in total. The number of carbonyl (C=O) groups is 3. The van der Waals surface area contributed by atoms with Crippen LogP contribution in [-0.2, 0) is 11.3 Å². The molecule has 0 spiro atoms. The summed E-state index contributed by atoms with van der Waals surface area (Å²) in [6.45, 7) is 3.40. The zero-order valence-electron chi connectivity index (χ0n) is 25.1. The fourth-order valence-corrected chi connectivity index (χ4v) is 7.69. The van der Waals surface area contributed by atoms with Gasteiger partial charge in [-0.3, -0.25) is 19.5 Å². The van der Waals surface area contributed by atoms with E-state index in [1.165, 1.54) is 24.8 Å². The summed E-state index contributed by atoms with van der Waals surface area (Å²) in [6.07, 6.45) is 12.2. The summed E-state index contributed by atoms with van der Waals surface area (Å²) in [5.74, 6) is -1.24. The first-order valence-corrected chi connectivity index (χ1v) is 16.3. The van der Waals surface area contributed by atoms with E-state index in [0.717, 1.165) is 57.4 Å². The Kier molecular flexibility index (Phi) is 9.26. The smallest absolute Gasteiger partial charge is 0.321 e. The minimum atomic E-state index is -0.742. The van der Waals surface area contributed by atoms with Gasteiger partial charge >= 0.3 is 12.0 Å². The molecular formula is C34H45N5O4. The van der Waals surface area contributed by atoms with Crippen molar-refractivity contribution in [2.45, 2.75) is 101 Å². The van der Waals surface area contributed by atoms with Gasteiger partial charge in [0.05, 0.1) is 12.0 Å². The summed E-state index contributed by atoms with van der Waals surface area (Å²) in [5, 5.41) is 12.2. The Morgan fingerprint density at radius 2 is 1.58 bits per heavy atom. The van der Waals surface area contributed by atoms with E-state index >= 15 is 0 Å². The molecule has 2 aliphatic heterocycles. The molecule has 2 saturated heterocycles. The van der Waals surface area contributed by atoms with Crippen LogP contribution in [0, 0.1) is 5.92 Å². The number of amides is 3. The van der Waals surface area contributed by atoms with Gasteiger partial charge in [0.25, 0.3) is 5.91 Å². The van der Waals surface area contributed by atoms with Crippen molar-refractivity contribution >= 4 is 17.9 Å². The average Bonchev–Trinajstić information content (AvgIpc) is 3.39. The molecule has 1 aromatic heterocycles. The number of rotatable bonds is 8. The highest BCUT2D eigenvalue weighted by Gasteiger charge is 2.45. The maximum atomic E-state index is 13.9. The molecule has 6 rings (SSSR count). The van der Waals surface area contributed by atoms with Crippen molar-refractivity contribution < 1.29 is 19.5 Å². The van der Waals surface area contributed by atoms with Crippen molar-refractivity contribution in [1.82, 2.24) is 25.0 Å². The van der Waals surface area contributed by atoms with E-state index in [2.05, 4.69) is 49.3 Å². The maximum Gasteiger partial charge on any atom is 0.321 e. The quantitative estimate of drug-likeness (QED) is 0.438. The van der Waals surface area contributed by atoms with E-state index in [0.29, 0.717) is 37.4 Å². The Hall–Kier alpha value is -3.46. The number of hydrogen-bond acceptors (Lipinski definition) is 5. The zero-order chi connectivity index (χ0) is 29.8. The van der Waals surface area contributed by atoms with Gasteiger partial charge in [-0.15, -0.1) is 0 Å². The van der Waals surface area contributed by atoms with E-state index < -0.39 is 5.97 Å². The van der Waals surface area contributed by atoms with Crippen LogP contribution in [-0.4, -0.2) is 80.5 Å². The van der Waals surface area contributed by atoms with Crippen LogP contribution in [0.5, 0.6) is 0 Å². The molecule has 3 amide bonds. The van der Waals surface area contributed by atoms with Crippen LogP contribution >= 0.6 is 0 Å². The number of nitrogens with zero attached hydrogens (tertiary/aromatic N) is 4. The van der Waals surface area contributed by atoms with Crippen LogP contribution in [0.4, 0.5) is 4.79 Å². The largest absolute Gasteiger partial charge is 0.481 e. The summed E-state index contributed by atoms with van der Waals surface area (Å²) >= 11 is 0. The summed E-state index contributed by atoms with van der Waals surface area (Å²) in [4.78, 5) is 49.1. The van der Waals surface area contributed by atoms with E-state index in [4.69, 9.17) is 0 Å². The second-order valence-corrected chi connectivity index (χ2v) is 13.0. The summed E-state index contributed by atoms with van der Waals surface area (Å²) < 4.78 is 0. The number of aliphatic carboxylic acids is 1. The molecule has 9 heteroatoms. The lowest BCUT2D eigenvalue weighted by atomic mass is 9.86. The number of urea groups is 1. The predicted molar refractivity (Wildman–Crippen MR) is 163 cm³/mol. The minimum Gasteiger partial charge on any atom is -0.481 e. The molecule has 0 radical (unpaired) electrons. The van der Waals surface area contributed by atoms with E-state index in [1.807, 2.05) is 12.1 Å². The fraction of sp³-hybridized carbons (Fsp3) is 0.588. The van der Waals surface area contributed by atoms with Gasteiger partial charge in [0.2, 0.25) is 0 Å². The Bertz CT molecular complexity index is 1250. The molecule has 0 unspecified atom stereocenters. The van der Waals surface area contributed by atoms with Crippen LogP contribution < -0.4 is 5.32 Å². The molecule has 2 aromatic rings. The van der Waals surface area contributed by atoms with Gasteiger partial charge in [-0.05, 0) is 68.6 Å². The van der Waals surface area contributed by atoms with Crippen LogP contribution in [0.25, 0.3) is 0 Å². The minimum absolute atomic E-state index is 0.00425. The fourth-order valence-electron chi connectivity index (χ4n) is 7.69. The number of carbonyl (C=O) groups excluding carboxylic acids is 2. The van der Waals surface area contributed by atoms with Gasteiger partial charge in [-0.1, -0.05) is 55.7 Å². The Labute approximate surface area is 254 Å². The third-order valence-electron chi connectivity index (χ3n) is 10.2. The molecular weight excluding hydrogens is 542 g/mol. The monoisotopic (exact) mass is 587 g/mol. The maximum absolute atomic E-state index is 13.9. The first kappa shape index (κ1) is 29.6. The highest BCUT2D eigenvalue weighted by atomic mass is 16.4. The lowest BCUT2D eigenvalue weighted by Crippen LogP contribution is -2.48. The molecule has 3 heterocycles. The molecule has 43 heavy (non-hydrogen) atoms. The average molecular weight is 588 g/mol. The predicted octanol–water partition coefficient (Wildman–Crippen LogP) is 5.23. The van der Waals surface area contributed by atoms with Crippen LogP contribution in [0.2, 0.25) is 0 Å². The normalized spacial score (nSPS) is 26.0. The third kappa shape index (κ3) is 6.87. The van der Waals surface area contributed by atoms with Crippen LogP contribution in [0.3, 0.4) is 0 Å². The molecule has 2 aliphatic carbocycles. The first-order valence-electron chi connectivity index (χ1n) is 16.3. The number of nitrogens with one attached hydrogen (secondary N) is 1. The van der Waals surface area contributed by atoms with Crippen molar-refractivity contribution in [3.8, 4) is 0 Å². The summed E-state index contributed by atoms with van der Waals surface area (Å²) in [7, 11) is 0. The van der Waals surface area contributed by atoms with Gasteiger partial charge < -0.3 is 20.2 Å². The number of carboxylic acid groups (broad SMARTS) is 1. The Morgan fingerprint density at radius 1 is 0.860 bits per heavy atom. The molecule has 4 fully saturated rings. The molecule has 1 aromatic carbocycles. The SMILES string of the molecule is O=C(N[C@H]1CC[C@@H](C(=O)O)CC1)c1ccc(CN2CCC(N3C(=O)N(C4CCCCC4)C[C@H]3c3ccccc3)CC2)cn1. The van der Waals surface area contributed by atoms with Gasteiger partial charge in [-0.2, -0.15) is 0 Å². The second-order valence-electron chi connectivity index (χ2n) is 13.0. The van der Waals surface area contributed by atoms with Crippen LogP contribution in [0.1, 0.15) is 98.3 Å². The topological polar surface area (TPSA) is 106 Å². The highest BCUT2D eigenvalue weighted by molar-refractivity contribution is 5.92. The van der Waals surface area contributed by atoms with Crippen molar-refractivity contribution in [1.29, 1.82) is 0 Å². The van der Waals surface area contributed by atoms with Gasteiger partial charge in [-0.25, -0.2) is 4.79 Å².